The van der Waals surface area contributed by atoms with Gasteiger partial charge in [-0.15, -0.1) is 0 Å². The highest BCUT2D eigenvalue weighted by atomic mass is 15.0. The molecule has 2 N–H and O–H groups in total. The first-order valence-corrected chi connectivity index (χ1v) is 7.90. The van der Waals surface area contributed by atoms with Crippen LogP contribution in [0.3, 0.4) is 0 Å². The molecule has 3 aromatic heterocycles. The number of benzene rings is 1. The van der Waals surface area contributed by atoms with Gasteiger partial charge in [-0.1, -0.05) is 18.2 Å². The summed E-state index contributed by atoms with van der Waals surface area (Å²) in [6.45, 7) is 2.03. The molecular weight excluding hydrogens is 312 g/mol. The zero-order chi connectivity index (χ0) is 17.1. The van der Waals surface area contributed by atoms with E-state index in [2.05, 4.69) is 25.3 Å². The molecule has 0 radical (unpaired) electrons. The van der Waals surface area contributed by atoms with Crippen molar-refractivity contribution in [3.63, 3.8) is 0 Å². The molecule has 0 bridgehead atoms. The van der Waals surface area contributed by atoms with Gasteiger partial charge in [0, 0.05) is 36.0 Å². The number of rotatable bonds is 4. The normalized spacial score (nSPS) is 10.6. The summed E-state index contributed by atoms with van der Waals surface area (Å²) in [6.07, 6.45) is 8.69. The number of aromatic amines is 1. The number of hydrogen-bond acceptors (Lipinski definition) is 5. The molecule has 4 rings (SSSR count). The van der Waals surface area contributed by atoms with Crippen molar-refractivity contribution < 1.29 is 0 Å². The third kappa shape index (κ3) is 3.10. The van der Waals surface area contributed by atoms with Crippen LogP contribution in [-0.2, 0) is 0 Å². The van der Waals surface area contributed by atoms with E-state index in [4.69, 9.17) is 4.98 Å². The lowest BCUT2D eigenvalue weighted by atomic mass is 10.1. The molecule has 0 aliphatic heterocycles. The van der Waals surface area contributed by atoms with Gasteiger partial charge >= 0.3 is 0 Å². The number of nitrogens with zero attached hydrogens (tertiary/aromatic N) is 4. The molecule has 25 heavy (non-hydrogen) atoms. The van der Waals surface area contributed by atoms with Gasteiger partial charge < -0.3 is 10.3 Å². The predicted molar refractivity (Wildman–Crippen MR) is 97.3 cm³/mol. The molecule has 0 amide bonds. The van der Waals surface area contributed by atoms with Crippen LogP contribution >= 0.6 is 0 Å². The minimum absolute atomic E-state index is 0.651. The number of nitrogens with one attached hydrogen (secondary N) is 2. The van der Waals surface area contributed by atoms with Crippen LogP contribution in [0.4, 0.5) is 11.5 Å². The number of aromatic nitrogens is 5. The molecule has 0 saturated carbocycles. The summed E-state index contributed by atoms with van der Waals surface area (Å²) in [5, 5.41) is 3.39. The molecule has 122 valence electrons. The first-order chi connectivity index (χ1) is 12.3. The van der Waals surface area contributed by atoms with E-state index in [-0.39, 0.29) is 0 Å². The Bertz CT molecular complexity index is 979. The first-order valence-electron chi connectivity index (χ1n) is 7.90. The fraction of sp³-hybridized carbons (Fsp3) is 0.0526. The summed E-state index contributed by atoms with van der Waals surface area (Å²) >= 11 is 0. The van der Waals surface area contributed by atoms with Gasteiger partial charge in [0.05, 0.1) is 11.3 Å². The Kier molecular flexibility index (Phi) is 3.92. The maximum atomic E-state index is 4.70. The summed E-state index contributed by atoms with van der Waals surface area (Å²) in [7, 11) is 0. The van der Waals surface area contributed by atoms with Crippen LogP contribution in [0.5, 0.6) is 0 Å². The van der Waals surface area contributed by atoms with Gasteiger partial charge in [0.25, 0.3) is 0 Å². The highest BCUT2D eigenvalue weighted by molar-refractivity contribution is 5.78. The Labute approximate surface area is 145 Å². The molecule has 6 nitrogen and oxygen atoms in total. The fourth-order valence-corrected chi connectivity index (χ4v) is 2.65. The van der Waals surface area contributed by atoms with E-state index in [1.54, 1.807) is 18.6 Å². The fourth-order valence-electron chi connectivity index (χ4n) is 2.65. The van der Waals surface area contributed by atoms with Crippen LogP contribution in [0.15, 0.2) is 67.5 Å². The van der Waals surface area contributed by atoms with Crippen molar-refractivity contribution in [2.24, 2.45) is 0 Å². The minimum Gasteiger partial charge on any atom is -0.347 e. The third-order valence-electron chi connectivity index (χ3n) is 3.86. The lowest BCUT2D eigenvalue weighted by Crippen LogP contribution is -1.97. The van der Waals surface area contributed by atoms with Crippen LogP contribution in [0.1, 0.15) is 5.56 Å². The lowest BCUT2D eigenvalue weighted by Gasteiger charge is -2.09. The highest BCUT2D eigenvalue weighted by Gasteiger charge is 2.14. The van der Waals surface area contributed by atoms with Gasteiger partial charge in [0.1, 0.15) is 12.1 Å². The van der Waals surface area contributed by atoms with E-state index in [9.17, 15) is 0 Å². The summed E-state index contributed by atoms with van der Waals surface area (Å²) in [4.78, 5) is 20.5. The van der Waals surface area contributed by atoms with Crippen molar-refractivity contribution in [1.82, 2.24) is 24.9 Å². The Morgan fingerprint density at radius 1 is 1.00 bits per heavy atom. The van der Waals surface area contributed by atoms with Crippen LogP contribution < -0.4 is 5.32 Å². The van der Waals surface area contributed by atoms with E-state index >= 15 is 0 Å². The van der Waals surface area contributed by atoms with E-state index < -0.39 is 0 Å². The van der Waals surface area contributed by atoms with E-state index in [1.165, 1.54) is 6.33 Å². The van der Waals surface area contributed by atoms with Gasteiger partial charge in [-0.25, -0.2) is 19.9 Å². The van der Waals surface area contributed by atoms with Crippen LogP contribution in [0.25, 0.3) is 22.6 Å². The summed E-state index contributed by atoms with van der Waals surface area (Å²) in [6, 6.07) is 11.8. The second-order valence-corrected chi connectivity index (χ2v) is 5.61. The average Bonchev–Trinajstić information content (AvgIpc) is 3.03. The van der Waals surface area contributed by atoms with Crippen LogP contribution in [-0.4, -0.2) is 24.9 Å². The number of para-hydroxylation sites is 1. The van der Waals surface area contributed by atoms with Crippen molar-refractivity contribution in [3.8, 4) is 22.6 Å². The molecule has 6 heteroatoms. The topological polar surface area (TPSA) is 79.4 Å². The van der Waals surface area contributed by atoms with Gasteiger partial charge in [0.2, 0.25) is 0 Å². The minimum atomic E-state index is 0.651. The molecule has 1 aromatic carbocycles. The largest absolute Gasteiger partial charge is 0.347 e. The van der Waals surface area contributed by atoms with E-state index in [0.29, 0.717) is 5.82 Å². The quantitative estimate of drug-likeness (QED) is 0.592. The number of anilines is 2. The average molecular weight is 328 g/mol. The maximum absolute atomic E-state index is 4.70. The zero-order valence-electron chi connectivity index (χ0n) is 13.6. The zero-order valence-corrected chi connectivity index (χ0v) is 13.6. The highest BCUT2D eigenvalue weighted by Crippen LogP contribution is 2.31. The second-order valence-electron chi connectivity index (χ2n) is 5.61. The second kappa shape index (κ2) is 6.52. The Morgan fingerprint density at radius 2 is 1.80 bits per heavy atom. The number of H-pyrrole nitrogens is 1. The van der Waals surface area contributed by atoms with E-state index in [1.807, 2.05) is 49.5 Å². The Morgan fingerprint density at radius 3 is 2.60 bits per heavy atom. The van der Waals surface area contributed by atoms with Crippen molar-refractivity contribution in [2.75, 3.05) is 5.32 Å². The lowest BCUT2D eigenvalue weighted by molar-refractivity contribution is 1.14. The molecule has 0 atom stereocenters. The smallest absolute Gasteiger partial charge is 0.163 e. The standard InChI is InChI=1S/C19H16N6/c1-13-9-23-19(24-15-5-3-2-4-6-15)17(13)18-22-8-7-16(25-18)14-10-20-12-21-11-14/h2-12,23-24H,1H3. The number of aryl methyl sites for hydroxylation is 1. The number of hydrogen-bond donors (Lipinski definition) is 2. The van der Waals surface area contributed by atoms with Crippen LogP contribution in [0, 0.1) is 6.92 Å². The summed E-state index contributed by atoms with van der Waals surface area (Å²) in [5.74, 6) is 1.52. The first kappa shape index (κ1) is 15.0. The molecule has 3 heterocycles. The van der Waals surface area contributed by atoms with Crippen LogP contribution in [0.2, 0.25) is 0 Å². The molecule has 0 aliphatic carbocycles. The Balaban J connectivity index is 1.74. The monoisotopic (exact) mass is 328 g/mol. The molecule has 4 aromatic rings. The van der Waals surface area contributed by atoms with Gasteiger partial charge in [0.15, 0.2) is 5.82 Å². The molecule has 0 fully saturated rings. The maximum Gasteiger partial charge on any atom is 0.163 e. The Hall–Kier alpha value is -3.54. The van der Waals surface area contributed by atoms with Gasteiger partial charge in [-0.3, -0.25) is 0 Å². The summed E-state index contributed by atoms with van der Waals surface area (Å²) in [5.41, 5.74) is 4.66. The molecule has 0 spiro atoms. The van der Waals surface area contributed by atoms with Crippen molar-refractivity contribution in [2.45, 2.75) is 6.92 Å². The van der Waals surface area contributed by atoms with Gasteiger partial charge in [-0.2, -0.15) is 0 Å². The molecule has 0 unspecified atom stereocenters. The molecule has 0 aliphatic rings. The van der Waals surface area contributed by atoms with Crippen molar-refractivity contribution in [3.05, 3.63) is 73.1 Å². The van der Waals surface area contributed by atoms with Gasteiger partial charge in [-0.05, 0) is 30.7 Å². The van der Waals surface area contributed by atoms with Crippen molar-refractivity contribution in [1.29, 1.82) is 0 Å². The predicted octanol–water partition coefficient (Wildman–Crippen LogP) is 3.98. The third-order valence-corrected chi connectivity index (χ3v) is 3.86. The van der Waals surface area contributed by atoms with Crippen molar-refractivity contribution >= 4 is 11.5 Å². The van der Waals surface area contributed by atoms with E-state index in [0.717, 1.165) is 33.9 Å². The summed E-state index contributed by atoms with van der Waals surface area (Å²) < 4.78 is 0. The SMILES string of the molecule is Cc1c[nH]c(Nc2ccccc2)c1-c1nccc(-c2cncnc2)n1. The molecule has 0 saturated heterocycles. The molecular formula is C19H16N6.